The maximum atomic E-state index is 12.5. The molecule has 0 saturated heterocycles. The molecule has 0 aliphatic carbocycles. The van der Waals surface area contributed by atoms with Crippen molar-refractivity contribution in [2.24, 2.45) is 0 Å². The Morgan fingerprint density at radius 3 is 2.62 bits per heavy atom. The van der Waals surface area contributed by atoms with Crippen LogP contribution in [-0.2, 0) is 14.8 Å². The molecule has 0 heterocycles. The van der Waals surface area contributed by atoms with Gasteiger partial charge in [-0.15, -0.1) is 0 Å². The molecule has 0 spiro atoms. The van der Waals surface area contributed by atoms with E-state index >= 15 is 0 Å². The van der Waals surface area contributed by atoms with Crippen molar-refractivity contribution >= 4 is 33.2 Å². The van der Waals surface area contributed by atoms with E-state index in [0.717, 1.165) is 10.7 Å². The number of benzene rings is 1. The van der Waals surface area contributed by atoms with Gasteiger partial charge >= 0.3 is 0 Å². The molecule has 0 saturated carbocycles. The summed E-state index contributed by atoms with van der Waals surface area (Å²) in [7, 11) is -2.44. The Morgan fingerprint density at radius 2 is 2.05 bits per heavy atom. The van der Waals surface area contributed by atoms with Crippen molar-refractivity contribution in [1.82, 2.24) is 9.62 Å². The maximum Gasteiger partial charge on any atom is 0.243 e. The first-order valence-corrected chi connectivity index (χ1v) is 8.30. The minimum absolute atomic E-state index is 0.0511. The number of likely N-dealkylation sites (N-methyl/N-ethyl adjacent to an activating group) is 1. The summed E-state index contributed by atoms with van der Waals surface area (Å²) in [4.78, 5) is 11.7. The number of nitrogen functional groups attached to an aromatic ring is 1. The van der Waals surface area contributed by atoms with E-state index in [9.17, 15) is 13.2 Å². The predicted molar refractivity (Wildman–Crippen MR) is 83.7 cm³/mol. The third-order valence-corrected chi connectivity index (χ3v) is 5.19. The van der Waals surface area contributed by atoms with Crippen LogP contribution in [0, 0.1) is 6.92 Å². The fraction of sp³-hybridized carbons (Fsp3) is 0.462. The minimum atomic E-state index is -3.80. The number of aryl methyl sites for hydroxylation is 1. The van der Waals surface area contributed by atoms with Crippen LogP contribution in [0.2, 0.25) is 5.02 Å². The van der Waals surface area contributed by atoms with Gasteiger partial charge in [0.05, 0.1) is 22.2 Å². The molecule has 1 aromatic carbocycles. The Bertz CT molecular complexity index is 632. The summed E-state index contributed by atoms with van der Waals surface area (Å²) in [5.41, 5.74) is 6.33. The molecule has 1 rings (SSSR count). The minimum Gasteiger partial charge on any atom is -0.397 e. The smallest absolute Gasteiger partial charge is 0.243 e. The number of nitrogens with zero attached hydrogens (tertiary/aromatic N) is 1. The molecule has 6 nitrogen and oxygen atoms in total. The third kappa shape index (κ3) is 4.33. The van der Waals surface area contributed by atoms with Crippen LogP contribution in [0.1, 0.15) is 18.9 Å². The van der Waals surface area contributed by atoms with E-state index in [1.54, 1.807) is 6.92 Å². The van der Waals surface area contributed by atoms with Gasteiger partial charge < -0.3 is 11.1 Å². The Hall–Kier alpha value is -1.31. The van der Waals surface area contributed by atoms with E-state index in [1.807, 2.05) is 6.92 Å². The van der Waals surface area contributed by atoms with Gasteiger partial charge in [0.2, 0.25) is 15.9 Å². The van der Waals surface area contributed by atoms with Crippen molar-refractivity contribution < 1.29 is 13.2 Å². The zero-order valence-corrected chi connectivity index (χ0v) is 13.9. The second-order valence-corrected chi connectivity index (χ2v) is 7.17. The molecule has 1 amide bonds. The first kappa shape index (κ1) is 17.7. The summed E-state index contributed by atoms with van der Waals surface area (Å²) >= 11 is 5.86. The summed E-state index contributed by atoms with van der Waals surface area (Å²) in [6, 6.07) is 2.81. The molecular formula is C13H20ClN3O3S. The highest BCUT2D eigenvalue weighted by atomic mass is 35.5. The van der Waals surface area contributed by atoms with Gasteiger partial charge in [0.1, 0.15) is 0 Å². The molecular weight excluding hydrogens is 314 g/mol. The molecule has 0 aliphatic heterocycles. The van der Waals surface area contributed by atoms with Crippen LogP contribution in [0.25, 0.3) is 0 Å². The molecule has 0 aromatic heterocycles. The Labute approximate surface area is 130 Å². The zero-order valence-electron chi connectivity index (χ0n) is 12.3. The van der Waals surface area contributed by atoms with Crippen LogP contribution in [0.15, 0.2) is 17.0 Å². The first-order valence-electron chi connectivity index (χ1n) is 6.48. The number of hydrogen-bond donors (Lipinski definition) is 2. The fourth-order valence-electron chi connectivity index (χ4n) is 1.72. The molecule has 118 valence electrons. The van der Waals surface area contributed by atoms with Crippen LogP contribution in [-0.4, -0.2) is 38.8 Å². The van der Waals surface area contributed by atoms with Gasteiger partial charge in [-0.2, -0.15) is 4.31 Å². The summed E-state index contributed by atoms with van der Waals surface area (Å²) < 4.78 is 25.9. The van der Waals surface area contributed by atoms with E-state index in [1.165, 1.54) is 19.2 Å². The van der Waals surface area contributed by atoms with E-state index < -0.39 is 10.0 Å². The van der Waals surface area contributed by atoms with Gasteiger partial charge in [-0.25, -0.2) is 8.42 Å². The lowest BCUT2D eigenvalue weighted by molar-refractivity contribution is -0.121. The average molecular weight is 334 g/mol. The third-order valence-electron chi connectivity index (χ3n) is 2.92. The number of rotatable bonds is 6. The number of nitrogens with two attached hydrogens (primary N) is 1. The van der Waals surface area contributed by atoms with E-state index in [-0.39, 0.29) is 23.0 Å². The van der Waals surface area contributed by atoms with E-state index in [0.29, 0.717) is 17.1 Å². The van der Waals surface area contributed by atoms with Crippen molar-refractivity contribution in [1.29, 1.82) is 0 Å². The summed E-state index contributed by atoms with van der Waals surface area (Å²) in [6.07, 6.45) is 0.787. The van der Waals surface area contributed by atoms with Crippen LogP contribution in [0.5, 0.6) is 0 Å². The molecule has 8 heteroatoms. The Morgan fingerprint density at radius 1 is 1.43 bits per heavy atom. The topological polar surface area (TPSA) is 92.5 Å². The van der Waals surface area contributed by atoms with Gasteiger partial charge in [-0.1, -0.05) is 18.5 Å². The summed E-state index contributed by atoms with van der Waals surface area (Å²) in [5.74, 6) is -0.345. The van der Waals surface area contributed by atoms with Crippen molar-refractivity contribution in [2.75, 3.05) is 25.9 Å². The van der Waals surface area contributed by atoms with Gasteiger partial charge in [-0.05, 0) is 31.0 Å². The number of nitrogens with one attached hydrogen (secondary N) is 1. The Kier molecular flexibility index (Phi) is 6.00. The molecule has 0 bridgehead atoms. The number of carbonyl (C=O) groups excluding carboxylic acids is 1. The number of carbonyl (C=O) groups is 1. The molecule has 0 radical (unpaired) electrons. The van der Waals surface area contributed by atoms with Crippen molar-refractivity contribution in [2.45, 2.75) is 25.2 Å². The molecule has 0 atom stereocenters. The highest BCUT2D eigenvalue weighted by Crippen LogP contribution is 2.27. The summed E-state index contributed by atoms with van der Waals surface area (Å²) in [6.45, 7) is 3.81. The molecule has 1 aromatic rings. The van der Waals surface area contributed by atoms with Crippen molar-refractivity contribution in [3.63, 3.8) is 0 Å². The van der Waals surface area contributed by atoms with Crippen molar-refractivity contribution in [3.05, 3.63) is 22.7 Å². The van der Waals surface area contributed by atoms with Gasteiger partial charge in [-0.3, -0.25) is 4.79 Å². The van der Waals surface area contributed by atoms with E-state index in [4.69, 9.17) is 17.3 Å². The van der Waals surface area contributed by atoms with Crippen LogP contribution in [0.4, 0.5) is 5.69 Å². The number of anilines is 1. The second kappa shape index (κ2) is 7.11. The van der Waals surface area contributed by atoms with Crippen molar-refractivity contribution in [3.8, 4) is 0 Å². The van der Waals surface area contributed by atoms with Crippen LogP contribution >= 0.6 is 11.6 Å². The molecule has 3 N–H and O–H groups in total. The van der Waals surface area contributed by atoms with Crippen LogP contribution in [0.3, 0.4) is 0 Å². The first-order chi connectivity index (χ1) is 9.70. The standard InChI is InChI=1S/C13H20ClN3O3S/c1-4-5-16-13(18)8-17(3)21(19,20)12-7-11(15)10(14)6-9(12)2/h6-7H,4-5,8,15H2,1-3H3,(H,16,18). The molecule has 0 fully saturated rings. The molecule has 21 heavy (non-hydrogen) atoms. The fourth-order valence-corrected chi connectivity index (χ4v) is 3.30. The van der Waals surface area contributed by atoms with Gasteiger partial charge in [0.25, 0.3) is 0 Å². The lowest BCUT2D eigenvalue weighted by atomic mass is 10.2. The van der Waals surface area contributed by atoms with Gasteiger partial charge in [0.15, 0.2) is 0 Å². The van der Waals surface area contributed by atoms with Crippen LogP contribution < -0.4 is 11.1 Å². The number of halogens is 1. The van der Waals surface area contributed by atoms with Gasteiger partial charge in [0, 0.05) is 13.6 Å². The lowest BCUT2D eigenvalue weighted by Gasteiger charge is -2.18. The van der Waals surface area contributed by atoms with E-state index in [2.05, 4.69) is 5.32 Å². The predicted octanol–water partition coefficient (Wildman–Crippen LogP) is 1.38. The SMILES string of the molecule is CCCNC(=O)CN(C)S(=O)(=O)c1cc(N)c(Cl)cc1C. The molecule has 0 unspecified atom stereocenters. The zero-order chi connectivity index (χ0) is 16.2. The highest BCUT2D eigenvalue weighted by Gasteiger charge is 2.25. The highest BCUT2D eigenvalue weighted by molar-refractivity contribution is 7.89. The monoisotopic (exact) mass is 333 g/mol. The average Bonchev–Trinajstić information content (AvgIpc) is 2.40. The largest absolute Gasteiger partial charge is 0.397 e. The second-order valence-electron chi connectivity index (χ2n) is 4.75. The normalized spacial score (nSPS) is 11.7. The quantitative estimate of drug-likeness (QED) is 0.769. The summed E-state index contributed by atoms with van der Waals surface area (Å²) in [5, 5.41) is 2.93. The maximum absolute atomic E-state index is 12.5. The molecule has 0 aliphatic rings. The Balaban J connectivity index is 3.00. The lowest BCUT2D eigenvalue weighted by Crippen LogP contribution is -2.38. The number of sulfonamides is 1. The number of hydrogen-bond acceptors (Lipinski definition) is 4. The number of amides is 1.